The normalized spacial score (nSPS) is 18.8. The molecule has 0 aliphatic carbocycles. The molecule has 2 nitrogen and oxygen atoms in total. The summed E-state index contributed by atoms with van der Waals surface area (Å²) in [6.45, 7) is 12.0. The molecule has 84 valence electrons. The lowest BCUT2D eigenvalue weighted by Crippen LogP contribution is -2.55. The molecule has 2 atom stereocenters. The average Bonchev–Trinajstić information content (AvgIpc) is 2.15. The summed E-state index contributed by atoms with van der Waals surface area (Å²) in [5.41, 5.74) is 5.14. The largest absolute Gasteiger partial charge is 0.319 e. The number of ketones is 1. The standard InChI is InChI=1S/C12H25NO/c1-7-9(3)12(6,13)10(14)11(4,5)8-2/h9H,7-8,13H2,1-6H3/t9-,12-/m0/s1. The Morgan fingerprint density at radius 2 is 1.71 bits per heavy atom. The van der Waals surface area contributed by atoms with Crippen molar-refractivity contribution in [3.63, 3.8) is 0 Å². The molecule has 0 radical (unpaired) electrons. The van der Waals surface area contributed by atoms with E-state index in [-0.39, 0.29) is 17.1 Å². The van der Waals surface area contributed by atoms with E-state index >= 15 is 0 Å². The third-order valence-electron chi connectivity index (χ3n) is 3.62. The third kappa shape index (κ3) is 2.57. The van der Waals surface area contributed by atoms with Gasteiger partial charge in [0.05, 0.1) is 5.54 Å². The van der Waals surface area contributed by atoms with Crippen LogP contribution >= 0.6 is 0 Å². The second-order valence-electron chi connectivity index (χ2n) is 5.16. The van der Waals surface area contributed by atoms with Gasteiger partial charge in [-0.25, -0.2) is 0 Å². The Morgan fingerprint density at radius 3 is 2.00 bits per heavy atom. The molecule has 0 heterocycles. The molecule has 0 spiro atoms. The van der Waals surface area contributed by atoms with Crippen molar-refractivity contribution in [1.82, 2.24) is 0 Å². The molecule has 0 saturated heterocycles. The highest BCUT2D eigenvalue weighted by atomic mass is 16.1. The van der Waals surface area contributed by atoms with E-state index in [1.54, 1.807) is 0 Å². The Hall–Kier alpha value is -0.370. The monoisotopic (exact) mass is 199 g/mol. The molecule has 0 fully saturated rings. The van der Waals surface area contributed by atoms with Crippen molar-refractivity contribution in [3.05, 3.63) is 0 Å². The maximum atomic E-state index is 12.2. The molecule has 2 heteroatoms. The van der Waals surface area contributed by atoms with Gasteiger partial charge >= 0.3 is 0 Å². The van der Waals surface area contributed by atoms with Crippen LogP contribution < -0.4 is 5.73 Å². The molecule has 2 N–H and O–H groups in total. The number of rotatable bonds is 5. The highest BCUT2D eigenvalue weighted by Gasteiger charge is 2.41. The summed E-state index contributed by atoms with van der Waals surface area (Å²) in [4.78, 5) is 12.2. The molecule has 0 unspecified atom stereocenters. The van der Waals surface area contributed by atoms with Crippen molar-refractivity contribution >= 4 is 5.78 Å². The van der Waals surface area contributed by atoms with Gasteiger partial charge in [0.15, 0.2) is 5.78 Å². The summed E-state index contributed by atoms with van der Waals surface area (Å²) in [6, 6.07) is 0. The van der Waals surface area contributed by atoms with Gasteiger partial charge in [0.2, 0.25) is 0 Å². The first-order valence-corrected chi connectivity index (χ1v) is 5.53. The lowest BCUT2D eigenvalue weighted by Gasteiger charge is -2.36. The van der Waals surface area contributed by atoms with Crippen LogP contribution in [0, 0.1) is 11.3 Å². The van der Waals surface area contributed by atoms with Gasteiger partial charge in [-0.15, -0.1) is 0 Å². The van der Waals surface area contributed by atoms with Crippen molar-refractivity contribution in [2.24, 2.45) is 17.1 Å². The molecule has 0 aromatic carbocycles. The average molecular weight is 199 g/mol. The molecule has 0 aliphatic heterocycles. The van der Waals surface area contributed by atoms with Crippen molar-refractivity contribution in [1.29, 1.82) is 0 Å². The van der Waals surface area contributed by atoms with Gasteiger partial charge in [0.1, 0.15) is 0 Å². The van der Waals surface area contributed by atoms with Gasteiger partial charge in [-0.1, -0.05) is 41.0 Å². The van der Waals surface area contributed by atoms with Crippen molar-refractivity contribution < 1.29 is 4.79 Å². The van der Waals surface area contributed by atoms with E-state index in [2.05, 4.69) is 6.92 Å². The minimum absolute atomic E-state index is 0.182. The van der Waals surface area contributed by atoms with E-state index in [1.807, 2.05) is 34.6 Å². The number of nitrogens with two attached hydrogens (primary N) is 1. The maximum Gasteiger partial charge on any atom is 0.158 e. The topological polar surface area (TPSA) is 43.1 Å². The van der Waals surface area contributed by atoms with Crippen LogP contribution in [0.5, 0.6) is 0 Å². The highest BCUT2D eigenvalue weighted by molar-refractivity contribution is 5.92. The number of carbonyl (C=O) groups excluding carboxylic acids is 1. The molecule has 0 rings (SSSR count). The smallest absolute Gasteiger partial charge is 0.158 e. The summed E-state index contributed by atoms with van der Waals surface area (Å²) in [5, 5.41) is 0. The minimum Gasteiger partial charge on any atom is -0.319 e. The Morgan fingerprint density at radius 1 is 1.29 bits per heavy atom. The Kier molecular flexibility index (Phi) is 4.32. The minimum atomic E-state index is -0.686. The number of Topliss-reactive ketones (excluding diaryl/α,β-unsaturated/α-hetero) is 1. The lowest BCUT2D eigenvalue weighted by atomic mass is 9.71. The van der Waals surface area contributed by atoms with Crippen LogP contribution in [0.15, 0.2) is 0 Å². The van der Waals surface area contributed by atoms with Gasteiger partial charge in [-0.05, 0) is 19.3 Å². The fraction of sp³-hybridized carbons (Fsp3) is 0.917. The maximum absolute atomic E-state index is 12.2. The Balaban J connectivity index is 4.84. The van der Waals surface area contributed by atoms with Crippen molar-refractivity contribution in [2.45, 2.75) is 59.9 Å². The lowest BCUT2D eigenvalue weighted by molar-refractivity contribution is -0.134. The molecule has 0 aliphatic rings. The van der Waals surface area contributed by atoms with E-state index in [0.29, 0.717) is 0 Å². The van der Waals surface area contributed by atoms with E-state index in [0.717, 1.165) is 12.8 Å². The predicted octanol–water partition coefficient (Wildman–Crippen LogP) is 2.76. The molecule has 0 aromatic heterocycles. The van der Waals surface area contributed by atoms with Crippen molar-refractivity contribution in [3.8, 4) is 0 Å². The molecular formula is C12H25NO. The number of hydrogen-bond donors (Lipinski definition) is 1. The third-order valence-corrected chi connectivity index (χ3v) is 3.62. The molecule has 0 bridgehead atoms. The van der Waals surface area contributed by atoms with Crippen LogP contribution in [0.25, 0.3) is 0 Å². The second-order valence-corrected chi connectivity index (χ2v) is 5.16. The van der Waals surface area contributed by atoms with Gasteiger partial charge in [0, 0.05) is 5.41 Å². The first kappa shape index (κ1) is 13.6. The van der Waals surface area contributed by atoms with Crippen LogP contribution in [-0.4, -0.2) is 11.3 Å². The Labute approximate surface area is 88.3 Å². The van der Waals surface area contributed by atoms with Gasteiger partial charge in [0.25, 0.3) is 0 Å². The highest BCUT2D eigenvalue weighted by Crippen LogP contribution is 2.30. The summed E-state index contributed by atoms with van der Waals surface area (Å²) in [7, 11) is 0. The van der Waals surface area contributed by atoms with E-state index in [9.17, 15) is 4.79 Å². The first-order chi connectivity index (χ1) is 6.20. The first-order valence-electron chi connectivity index (χ1n) is 5.53. The molecule has 0 amide bonds. The van der Waals surface area contributed by atoms with Crippen LogP contribution in [0.4, 0.5) is 0 Å². The fourth-order valence-electron chi connectivity index (χ4n) is 1.54. The molecular weight excluding hydrogens is 174 g/mol. The van der Waals surface area contributed by atoms with Gasteiger partial charge < -0.3 is 5.73 Å². The SMILES string of the molecule is CC[C@H](C)[C@](C)(N)C(=O)C(C)(C)CC. The zero-order valence-corrected chi connectivity index (χ0v) is 10.5. The molecule has 0 saturated carbocycles. The summed E-state index contributed by atoms with van der Waals surface area (Å²) in [6.07, 6.45) is 1.79. The fourth-order valence-corrected chi connectivity index (χ4v) is 1.54. The zero-order chi connectivity index (χ0) is 11.6. The van der Waals surface area contributed by atoms with Gasteiger partial charge in [-0.3, -0.25) is 4.79 Å². The summed E-state index contributed by atoms with van der Waals surface area (Å²) in [5.74, 6) is 0.419. The molecule has 14 heavy (non-hydrogen) atoms. The summed E-state index contributed by atoms with van der Waals surface area (Å²) < 4.78 is 0. The van der Waals surface area contributed by atoms with Crippen LogP contribution in [0.1, 0.15) is 54.4 Å². The van der Waals surface area contributed by atoms with Crippen LogP contribution in [0.2, 0.25) is 0 Å². The zero-order valence-electron chi connectivity index (χ0n) is 10.5. The van der Waals surface area contributed by atoms with E-state index in [1.165, 1.54) is 0 Å². The van der Waals surface area contributed by atoms with Crippen molar-refractivity contribution in [2.75, 3.05) is 0 Å². The van der Waals surface area contributed by atoms with Crippen LogP contribution in [-0.2, 0) is 4.79 Å². The second kappa shape index (κ2) is 4.43. The van der Waals surface area contributed by atoms with Crippen LogP contribution in [0.3, 0.4) is 0 Å². The van der Waals surface area contributed by atoms with E-state index in [4.69, 9.17) is 5.73 Å². The number of carbonyl (C=O) groups is 1. The van der Waals surface area contributed by atoms with E-state index < -0.39 is 5.54 Å². The molecule has 0 aromatic rings. The quantitative estimate of drug-likeness (QED) is 0.740. The Bertz CT molecular complexity index is 206. The predicted molar refractivity (Wildman–Crippen MR) is 61.1 cm³/mol. The number of hydrogen-bond acceptors (Lipinski definition) is 2. The van der Waals surface area contributed by atoms with Gasteiger partial charge in [-0.2, -0.15) is 0 Å². The summed E-state index contributed by atoms with van der Waals surface area (Å²) >= 11 is 0.